The van der Waals surface area contributed by atoms with Gasteiger partial charge in [-0.05, 0) is 60.1 Å². The first-order valence-electron chi connectivity index (χ1n) is 9.12. The van der Waals surface area contributed by atoms with E-state index in [1.165, 1.54) is 24.3 Å². The fraction of sp³-hybridized carbons (Fsp3) is 0.143. The number of nitrogens with zero attached hydrogens (tertiary/aromatic N) is 1. The summed E-state index contributed by atoms with van der Waals surface area (Å²) < 4.78 is 32.9. The molecule has 0 saturated heterocycles. The molecule has 0 aliphatic carbocycles. The molecule has 11 heteroatoms. The van der Waals surface area contributed by atoms with Gasteiger partial charge in [0.15, 0.2) is 5.69 Å². The normalized spacial score (nSPS) is 12.2. The SMILES string of the molecule is CCOC(=O)c1c(C=C(Br)C(=O)O)c2c(Cl)cc(Cl)cc2n1S(=O)(=O)c1ccc(C)cc1. The third kappa shape index (κ3) is 4.43. The average molecular weight is 561 g/mol. The number of halogens is 3. The van der Waals surface area contributed by atoms with Crippen LogP contribution in [-0.4, -0.2) is 36.0 Å². The molecule has 0 saturated carbocycles. The number of aryl methyl sites for hydroxylation is 1. The number of benzene rings is 2. The van der Waals surface area contributed by atoms with Gasteiger partial charge in [0, 0.05) is 16.0 Å². The molecule has 1 N–H and O–H groups in total. The topological polar surface area (TPSA) is 103 Å². The number of carboxylic acids is 1. The molecule has 0 fully saturated rings. The number of carboxylic acid groups (broad SMARTS) is 1. The lowest BCUT2D eigenvalue weighted by molar-refractivity contribution is -0.131. The molecule has 1 heterocycles. The molecule has 0 aliphatic heterocycles. The second-order valence-electron chi connectivity index (χ2n) is 6.64. The molecule has 2 aromatic carbocycles. The summed E-state index contributed by atoms with van der Waals surface area (Å²) in [6.45, 7) is 3.33. The quantitative estimate of drug-likeness (QED) is 0.316. The van der Waals surface area contributed by atoms with Crippen LogP contribution in [0.25, 0.3) is 17.0 Å². The van der Waals surface area contributed by atoms with Crippen molar-refractivity contribution >= 4 is 78.1 Å². The highest BCUT2D eigenvalue weighted by atomic mass is 79.9. The Labute approximate surface area is 202 Å². The summed E-state index contributed by atoms with van der Waals surface area (Å²) in [5, 5.41) is 9.62. The molecule has 168 valence electrons. The predicted molar refractivity (Wildman–Crippen MR) is 126 cm³/mol. The minimum Gasteiger partial charge on any atom is -0.477 e. The van der Waals surface area contributed by atoms with Crippen LogP contribution < -0.4 is 0 Å². The fourth-order valence-corrected chi connectivity index (χ4v) is 5.44. The van der Waals surface area contributed by atoms with Crippen molar-refractivity contribution in [3.05, 3.63) is 67.7 Å². The Morgan fingerprint density at radius 3 is 2.38 bits per heavy atom. The number of rotatable bonds is 6. The number of esters is 1. The molecule has 1 aromatic heterocycles. The fourth-order valence-electron chi connectivity index (χ4n) is 3.12. The molecule has 32 heavy (non-hydrogen) atoms. The molecule has 0 unspecified atom stereocenters. The van der Waals surface area contributed by atoms with Crippen LogP contribution >= 0.6 is 39.1 Å². The molecule has 7 nitrogen and oxygen atoms in total. The number of aliphatic carboxylic acids is 1. The number of ether oxygens (including phenoxy) is 1. The molecule has 0 aliphatic rings. The Balaban J connectivity index is 2.55. The number of carbonyl (C=O) groups is 2. The van der Waals surface area contributed by atoms with Gasteiger partial charge >= 0.3 is 11.9 Å². The molecule has 0 atom stereocenters. The van der Waals surface area contributed by atoms with Gasteiger partial charge in [0.05, 0.1) is 22.0 Å². The first-order chi connectivity index (χ1) is 15.0. The maximum atomic E-state index is 13.7. The zero-order chi connectivity index (χ0) is 23.8. The molecular weight excluding hydrogens is 545 g/mol. The predicted octanol–water partition coefficient (Wildman–Crippen LogP) is 5.49. The lowest BCUT2D eigenvalue weighted by atomic mass is 10.1. The van der Waals surface area contributed by atoms with E-state index in [0.717, 1.165) is 15.6 Å². The van der Waals surface area contributed by atoms with Crippen LogP contribution in [0.5, 0.6) is 0 Å². The number of carbonyl (C=O) groups excluding carboxylic acids is 1. The third-order valence-corrected chi connectivity index (χ3v) is 7.30. The minimum absolute atomic E-state index is 0.00284. The van der Waals surface area contributed by atoms with Crippen molar-refractivity contribution in [2.24, 2.45) is 0 Å². The van der Waals surface area contributed by atoms with Gasteiger partial charge in [0.1, 0.15) is 4.48 Å². The van der Waals surface area contributed by atoms with Gasteiger partial charge in [-0.1, -0.05) is 40.9 Å². The standard InChI is InChI=1S/C21H16BrCl2NO6S/c1-3-31-21(28)19-14(10-15(22)20(26)27)18-16(24)8-12(23)9-17(18)25(19)32(29,30)13-6-4-11(2)5-7-13/h4-10H,3H2,1-2H3,(H,26,27). The molecule has 0 amide bonds. The highest BCUT2D eigenvalue weighted by Gasteiger charge is 2.32. The average Bonchev–Trinajstić information content (AvgIpc) is 3.03. The van der Waals surface area contributed by atoms with Crippen LogP contribution in [0, 0.1) is 6.92 Å². The maximum absolute atomic E-state index is 13.7. The van der Waals surface area contributed by atoms with Crippen molar-refractivity contribution < 1.29 is 27.9 Å². The number of aromatic nitrogens is 1. The number of fused-ring (bicyclic) bond motifs is 1. The van der Waals surface area contributed by atoms with Crippen LogP contribution in [0.15, 0.2) is 45.8 Å². The summed E-state index contributed by atoms with van der Waals surface area (Å²) in [5.41, 5.74) is 0.407. The smallest absolute Gasteiger partial charge is 0.356 e. The van der Waals surface area contributed by atoms with E-state index >= 15 is 0 Å². The Kier molecular flexibility index (Phi) is 7.04. The van der Waals surface area contributed by atoms with Gasteiger partial charge in [-0.15, -0.1) is 0 Å². The van der Waals surface area contributed by atoms with Gasteiger partial charge in [-0.2, -0.15) is 0 Å². The van der Waals surface area contributed by atoms with Crippen LogP contribution in [0.2, 0.25) is 10.0 Å². The summed E-state index contributed by atoms with van der Waals surface area (Å²) >= 11 is 15.4. The van der Waals surface area contributed by atoms with Crippen molar-refractivity contribution in [2.45, 2.75) is 18.7 Å². The second kappa shape index (κ2) is 9.27. The summed E-state index contributed by atoms with van der Waals surface area (Å²) in [4.78, 5) is 24.3. The molecule has 0 radical (unpaired) electrons. The highest BCUT2D eigenvalue weighted by molar-refractivity contribution is 9.12. The lowest BCUT2D eigenvalue weighted by Gasteiger charge is -2.12. The Morgan fingerprint density at radius 2 is 1.81 bits per heavy atom. The van der Waals surface area contributed by atoms with E-state index in [-0.39, 0.29) is 42.5 Å². The van der Waals surface area contributed by atoms with Crippen molar-refractivity contribution in [3.63, 3.8) is 0 Å². The van der Waals surface area contributed by atoms with E-state index in [4.69, 9.17) is 27.9 Å². The Hall–Kier alpha value is -2.33. The van der Waals surface area contributed by atoms with E-state index < -0.39 is 27.7 Å². The van der Waals surface area contributed by atoms with Crippen LogP contribution in [0.4, 0.5) is 0 Å². The van der Waals surface area contributed by atoms with Gasteiger partial charge in [0.2, 0.25) is 0 Å². The summed E-state index contributed by atoms with van der Waals surface area (Å²) in [5.74, 6) is -2.30. The van der Waals surface area contributed by atoms with Crippen LogP contribution in [-0.2, 0) is 19.6 Å². The second-order valence-corrected chi connectivity index (χ2v) is 10.1. The Bertz CT molecular complexity index is 1380. The van der Waals surface area contributed by atoms with Gasteiger partial charge in [0.25, 0.3) is 10.0 Å². The zero-order valence-electron chi connectivity index (χ0n) is 16.7. The van der Waals surface area contributed by atoms with E-state index in [0.29, 0.717) is 0 Å². The first-order valence-corrected chi connectivity index (χ1v) is 12.1. The molecule has 3 rings (SSSR count). The van der Waals surface area contributed by atoms with Crippen molar-refractivity contribution in [3.8, 4) is 0 Å². The van der Waals surface area contributed by atoms with Crippen molar-refractivity contribution in [2.75, 3.05) is 6.61 Å². The Morgan fingerprint density at radius 1 is 1.19 bits per heavy atom. The van der Waals surface area contributed by atoms with Crippen molar-refractivity contribution in [1.29, 1.82) is 0 Å². The van der Waals surface area contributed by atoms with E-state index in [1.54, 1.807) is 26.0 Å². The largest absolute Gasteiger partial charge is 0.477 e. The third-order valence-electron chi connectivity index (χ3n) is 4.48. The molecule has 3 aromatic rings. The van der Waals surface area contributed by atoms with Gasteiger partial charge in [-0.25, -0.2) is 22.0 Å². The van der Waals surface area contributed by atoms with E-state index in [1.807, 2.05) is 0 Å². The van der Waals surface area contributed by atoms with Gasteiger partial charge < -0.3 is 9.84 Å². The summed E-state index contributed by atoms with van der Waals surface area (Å²) in [7, 11) is -4.34. The minimum atomic E-state index is -4.34. The highest BCUT2D eigenvalue weighted by Crippen LogP contribution is 2.39. The monoisotopic (exact) mass is 559 g/mol. The molecule has 0 spiro atoms. The van der Waals surface area contributed by atoms with Crippen LogP contribution in [0.3, 0.4) is 0 Å². The first kappa shape index (κ1) is 24.3. The summed E-state index contributed by atoms with van der Waals surface area (Å²) in [6.07, 6.45) is 1.11. The maximum Gasteiger partial charge on any atom is 0.356 e. The number of hydrogen-bond donors (Lipinski definition) is 1. The summed E-state index contributed by atoms with van der Waals surface area (Å²) in [6, 6.07) is 8.74. The van der Waals surface area contributed by atoms with Crippen LogP contribution in [0.1, 0.15) is 28.5 Å². The molecule has 0 bridgehead atoms. The number of hydrogen-bond acceptors (Lipinski definition) is 5. The van der Waals surface area contributed by atoms with Crippen molar-refractivity contribution in [1.82, 2.24) is 3.97 Å². The zero-order valence-corrected chi connectivity index (χ0v) is 20.6. The van der Waals surface area contributed by atoms with E-state index in [2.05, 4.69) is 15.9 Å². The molecular formula is C21H16BrCl2NO6S. The lowest BCUT2D eigenvalue weighted by Crippen LogP contribution is -2.20. The van der Waals surface area contributed by atoms with E-state index in [9.17, 15) is 23.1 Å². The van der Waals surface area contributed by atoms with Gasteiger partial charge in [-0.3, -0.25) is 0 Å².